The minimum Gasteiger partial charge on any atom is -0.494 e. The molecule has 108 valence electrons. The zero-order valence-corrected chi connectivity index (χ0v) is 12.8. The van der Waals surface area contributed by atoms with E-state index in [1.807, 2.05) is 0 Å². The Balaban J connectivity index is 1.95. The van der Waals surface area contributed by atoms with E-state index in [4.69, 9.17) is 4.74 Å². The maximum Gasteiger partial charge on any atom is 0.119 e. The fourth-order valence-electron chi connectivity index (χ4n) is 2.25. The van der Waals surface area contributed by atoms with Crippen LogP contribution in [0.15, 0.2) is 24.3 Å². The summed E-state index contributed by atoms with van der Waals surface area (Å²) in [6.45, 7) is 5.31. The Labute approximate surface area is 119 Å². The topological polar surface area (TPSA) is 9.23 Å². The van der Waals surface area contributed by atoms with Gasteiger partial charge in [-0.05, 0) is 30.5 Å². The van der Waals surface area contributed by atoms with Crippen LogP contribution in [0.2, 0.25) is 0 Å². The van der Waals surface area contributed by atoms with Gasteiger partial charge in [-0.3, -0.25) is 0 Å². The molecular formula is C18H30O. The monoisotopic (exact) mass is 262 g/mol. The molecule has 1 aromatic rings. The molecular weight excluding hydrogens is 232 g/mol. The minimum atomic E-state index is 0.862. The van der Waals surface area contributed by atoms with Crippen LogP contribution in [-0.4, -0.2) is 6.61 Å². The summed E-state index contributed by atoms with van der Waals surface area (Å²) < 4.78 is 5.75. The third-order valence-corrected chi connectivity index (χ3v) is 3.60. The molecule has 0 spiro atoms. The molecule has 0 aliphatic rings. The second-order valence-electron chi connectivity index (χ2n) is 5.32. The zero-order valence-electron chi connectivity index (χ0n) is 12.8. The van der Waals surface area contributed by atoms with E-state index in [0.717, 1.165) is 18.8 Å². The van der Waals surface area contributed by atoms with Crippen molar-refractivity contribution in [3.8, 4) is 5.75 Å². The van der Waals surface area contributed by atoms with Crippen LogP contribution < -0.4 is 4.74 Å². The molecule has 1 nitrogen and oxygen atoms in total. The van der Waals surface area contributed by atoms with Crippen LogP contribution in [0.3, 0.4) is 0 Å². The lowest BCUT2D eigenvalue weighted by Crippen LogP contribution is -1.97. The van der Waals surface area contributed by atoms with Gasteiger partial charge in [0.1, 0.15) is 5.75 Å². The van der Waals surface area contributed by atoms with Crippen molar-refractivity contribution in [1.29, 1.82) is 0 Å². The van der Waals surface area contributed by atoms with Crippen LogP contribution in [0, 0.1) is 0 Å². The van der Waals surface area contributed by atoms with Gasteiger partial charge in [0.05, 0.1) is 6.61 Å². The van der Waals surface area contributed by atoms with Gasteiger partial charge >= 0.3 is 0 Å². The normalized spacial score (nSPS) is 10.6. The highest BCUT2D eigenvalue weighted by molar-refractivity contribution is 5.27. The van der Waals surface area contributed by atoms with E-state index in [2.05, 4.69) is 38.1 Å². The summed E-state index contributed by atoms with van der Waals surface area (Å²) in [6, 6.07) is 8.49. The van der Waals surface area contributed by atoms with Crippen molar-refractivity contribution in [3.63, 3.8) is 0 Å². The van der Waals surface area contributed by atoms with Crippen LogP contribution in [0.4, 0.5) is 0 Å². The number of unbranched alkanes of at least 4 members (excludes halogenated alkanes) is 7. The van der Waals surface area contributed by atoms with Crippen molar-refractivity contribution in [2.75, 3.05) is 6.61 Å². The fourth-order valence-corrected chi connectivity index (χ4v) is 2.25. The van der Waals surface area contributed by atoms with Crippen molar-refractivity contribution in [1.82, 2.24) is 0 Å². The molecule has 1 rings (SSSR count). The van der Waals surface area contributed by atoms with E-state index in [1.54, 1.807) is 0 Å². The average Bonchev–Trinajstić information content (AvgIpc) is 2.46. The fraction of sp³-hybridized carbons (Fsp3) is 0.667. The van der Waals surface area contributed by atoms with Crippen molar-refractivity contribution in [3.05, 3.63) is 29.8 Å². The van der Waals surface area contributed by atoms with Gasteiger partial charge in [0, 0.05) is 0 Å². The first-order valence-corrected chi connectivity index (χ1v) is 8.08. The molecule has 0 amide bonds. The molecule has 1 aromatic carbocycles. The largest absolute Gasteiger partial charge is 0.494 e. The molecule has 0 N–H and O–H groups in total. The molecule has 1 heteroatoms. The number of rotatable bonds is 11. The average molecular weight is 262 g/mol. The van der Waals surface area contributed by atoms with Gasteiger partial charge in [-0.2, -0.15) is 0 Å². The van der Waals surface area contributed by atoms with Crippen molar-refractivity contribution < 1.29 is 4.74 Å². The van der Waals surface area contributed by atoms with Crippen LogP contribution in [0.5, 0.6) is 5.75 Å². The number of ether oxygens (including phenoxy) is 1. The quantitative estimate of drug-likeness (QED) is 0.460. The first-order valence-electron chi connectivity index (χ1n) is 8.08. The van der Waals surface area contributed by atoms with Crippen LogP contribution in [-0.2, 0) is 6.42 Å². The van der Waals surface area contributed by atoms with Gasteiger partial charge in [0.2, 0.25) is 0 Å². The molecule has 0 aliphatic heterocycles. The highest BCUT2D eigenvalue weighted by Crippen LogP contribution is 2.13. The molecule has 0 unspecified atom stereocenters. The lowest BCUT2D eigenvalue weighted by Gasteiger charge is -2.06. The predicted molar refractivity (Wildman–Crippen MR) is 83.9 cm³/mol. The lowest BCUT2D eigenvalue weighted by molar-refractivity contribution is 0.304. The number of benzene rings is 1. The summed E-state index contributed by atoms with van der Waals surface area (Å²) in [5.41, 5.74) is 1.37. The van der Waals surface area contributed by atoms with Crippen molar-refractivity contribution in [2.45, 2.75) is 71.6 Å². The Bertz CT molecular complexity index is 302. The minimum absolute atomic E-state index is 0.862. The first kappa shape index (κ1) is 16.1. The molecule has 0 aliphatic carbocycles. The van der Waals surface area contributed by atoms with Gasteiger partial charge < -0.3 is 4.74 Å². The van der Waals surface area contributed by atoms with Gasteiger partial charge in [-0.15, -0.1) is 0 Å². The van der Waals surface area contributed by atoms with Crippen LogP contribution in [0.25, 0.3) is 0 Å². The number of hydrogen-bond acceptors (Lipinski definition) is 1. The van der Waals surface area contributed by atoms with Crippen molar-refractivity contribution in [2.24, 2.45) is 0 Å². The van der Waals surface area contributed by atoms with E-state index in [1.165, 1.54) is 56.9 Å². The molecule has 0 saturated heterocycles. The van der Waals surface area contributed by atoms with Crippen molar-refractivity contribution >= 4 is 0 Å². The van der Waals surface area contributed by atoms with Gasteiger partial charge in [-0.1, -0.05) is 70.9 Å². The summed E-state index contributed by atoms with van der Waals surface area (Å²) in [4.78, 5) is 0. The summed E-state index contributed by atoms with van der Waals surface area (Å²) in [7, 11) is 0. The standard InChI is InChI=1S/C18H30O/c1-3-5-6-7-8-9-10-11-16-19-18-14-12-17(4-2)13-15-18/h12-15H,3-11,16H2,1-2H3. The Kier molecular flexibility index (Phi) is 9.22. The van der Waals surface area contributed by atoms with E-state index in [0.29, 0.717) is 0 Å². The Morgan fingerprint density at radius 2 is 1.32 bits per heavy atom. The smallest absolute Gasteiger partial charge is 0.119 e. The first-order chi connectivity index (χ1) is 9.36. The highest BCUT2D eigenvalue weighted by Gasteiger charge is 1.95. The molecule has 0 heterocycles. The third-order valence-electron chi connectivity index (χ3n) is 3.60. The van der Waals surface area contributed by atoms with E-state index in [9.17, 15) is 0 Å². The Morgan fingerprint density at radius 3 is 1.89 bits per heavy atom. The highest BCUT2D eigenvalue weighted by atomic mass is 16.5. The third kappa shape index (κ3) is 7.92. The summed E-state index contributed by atoms with van der Waals surface area (Å²) in [6.07, 6.45) is 11.9. The molecule has 0 aromatic heterocycles. The summed E-state index contributed by atoms with van der Waals surface area (Å²) >= 11 is 0. The Morgan fingerprint density at radius 1 is 0.737 bits per heavy atom. The van der Waals surface area contributed by atoms with Gasteiger partial charge in [0.25, 0.3) is 0 Å². The van der Waals surface area contributed by atoms with E-state index in [-0.39, 0.29) is 0 Å². The maximum absolute atomic E-state index is 5.75. The number of aryl methyl sites for hydroxylation is 1. The molecule has 0 atom stereocenters. The molecule has 0 radical (unpaired) electrons. The summed E-state index contributed by atoms with van der Waals surface area (Å²) in [5, 5.41) is 0. The van der Waals surface area contributed by atoms with E-state index >= 15 is 0 Å². The SMILES string of the molecule is CCCCCCCCCCOc1ccc(CC)cc1. The van der Waals surface area contributed by atoms with Crippen LogP contribution >= 0.6 is 0 Å². The predicted octanol–water partition coefficient (Wildman–Crippen LogP) is 5.77. The zero-order chi connectivity index (χ0) is 13.8. The second-order valence-corrected chi connectivity index (χ2v) is 5.32. The summed E-state index contributed by atoms with van der Waals surface area (Å²) in [5.74, 6) is 1.01. The van der Waals surface area contributed by atoms with Gasteiger partial charge in [0.15, 0.2) is 0 Å². The van der Waals surface area contributed by atoms with E-state index < -0.39 is 0 Å². The van der Waals surface area contributed by atoms with Crippen LogP contribution in [0.1, 0.15) is 70.8 Å². The molecule has 0 bridgehead atoms. The maximum atomic E-state index is 5.75. The molecule has 0 fully saturated rings. The second kappa shape index (κ2) is 10.9. The molecule has 0 saturated carbocycles. The number of hydrogen-bond donors (Lipinski definition) is 0. The molecule has 19 heavy (non-hydrogen) atoms. The van der Waals surface area contributed by atoms with Gasteiger partial charge in [-0.25, -0.2) is 0 Å². The lowest BCUT2D eigenvalue weighted by atomic mass is 10.1. The Hall–Kier alpha value is -0.980.